The molecular formula is C19H23N3O2. The third-order valence-electron chi connectivity index (χ3n) is 4.82. The molecule has 3 N–H and O–H groups in total. The Morgan fingerprint density at radius 2 is 1.92 bits per heavy atom. The van der Waals surface area contributed by atoms with Crippen LogP contribution in [0.15, 0.2) is 47.3 Å². The number of carbonyl (C=O) groups is 1. The molecule has 5 heteroatoms. The van der Waals surface area contributed by atoms with E-state index in [1.807, 2.05) is 30.3 Å². The van der Waals surface area contributed by atoms with E-state index in [0.717, 1.165) is 12.0 Å². The predicted molar refractivity (Wildman–Crippen MR) is 94.8 cm³/mol. The van der Waals surface area contributed by atoms with Crippen molar-refractivity contribution < 1.29 is 4.79 Å². The molecule has 1 aliphatic rings. The van der Waals surface area contributed by atoms with E-state index < -0.39 is 0 Å². The van der Waals surface area contributed by atoms with Gasteiger partial charge in [-0.3, -0.25) is 9.59 Å². The van der Waals surface area contributed by atoms with Crippen LogP contribution in [0.25, 0.3) is 11.3 Å². The summed E-state index contributed by atoms with van der Waals surface area (Å²) in [5.74, 6) is -0.226. The number of nitrogens with two attached hydrogens (primary N) is 1. The molecule has 1 aromatic carbocycles. The number of carbonyl (C=O) groups excluding carboxylic acids is 1. The van der Waals surface area contributed by atoms with Crippen LogP contribution in [-0.2, 0) is 0 Å². The number of hydrogen-bond acceptors (Lipinski definition) is 3. The molecule has 1 saturated heterocycles. The lowest BCUT2D eigenvalue weighted by atomic mass is 9.79. The Labute approximate surface area is 141 Å². The third kappa shape index (κ3) is 3.12. The number of nitrogens with one attached hydrogen (secondary N) is 1. The highest BCUT2D eigenvalue weighted by molar-refractivity contribution is 5.94. The van der Waals surface area contributed by atoms with Crippen LogP contribution in [0.4, 0.5) is 0 Å². The van der Waals surface area contributed by atoms with Crippen molar-refractivity contribution in [2.24, 2.45) is 11.1 Å². The van der Waals surface area contributed by atoms with Crippen molar-refractivity contribution >= 4 is 5.91 Å². The molecule has 2 heterocycles. The first-order valence-corrected chi connectivity index (χ1v) is 8.22. The van der Waals surface area contributed by atoms with Crippen LogP contribution in [0.2, 0.25) is 0 Å². The van der Waals surface area contributed by atoms with Crippen molar-refractivity contribution in [2.75, 3.05) is 13.1 Å². The Morgan fingerprint density at radius 1 is 1.21 bits per heavy atom. The molecule has 0 radical (unpaired) electrons. The van der Waals surface area contributed by atoms with Gasteiger partial charge in [0, 0.05) is 24.8 Å². The first-order chi connectivity index (χ1) is 11.4. The summed E-state index contributed by atoms with van der Waals surface area (Å²) >= 11 is 0. The number of hydrogen-bond donors (Lipinski definition) is 2. The van der Waals surface area contributed by atoms with Crippen LogP contribution in [0.5, 0.6) is 0 Å². The van der Waals surface area contributed by atoms with E-state index in [1.54, 1.807) is 17.0 Å². The number of rotatable bonds is 2. The summed E-state index contributed by atoms with van der Waals surface area (Å²) in [6.45, 7) is 5.26. The highest BCUT2D eigenvalue weighted by Crippen LogP contribution is 2.28. The van der Waals surface area contributed by atoms with E-state index in [4.69, 9.17) is 5.73 Å². The van der Waals surface area contributed by atoms with Crippen LogP contribution in [0.3, 0.4) is 0 Å². The molecule has 0 saturated carbocycles. The number of benzene rings is 1. The van der Waals surface area contributed by atoms with E-state index in [0.29, 0.717) is 18.8 Å². The average molecular weight is 325 g/mol. The lowest BCUT2D eigenvalue weighted by Gasteiger charge is -2.42. The Morgan fingerprint density at radius 3 is 2.54 bits per heavy atom. The number of aromatic nitrogens is 1. The third-order valence-corrected chi connectivity index (χ3v) is 4.82. The molecule has 0 spiro atoms. The Balaban J connectivity index is 1.85. The zero-order chi connectivity index (χ0) is 17.3. The molecule has 126 valence electrons. The fourth-order valence-corrected chi connectivity index (χ4v) is 3.15. The zero-order valence-corrected chi connectivity index (χ0v) is 14.1. The van der Waals surface area contributed by atoms with Crippen molar-refractivity contribution in [1.29, 1.82) is 0 Å². The minimum atomic E-state index is -0.353. The SMILES string of the molecule is CC1(C)CN(C(=O)c2ccc(-c3ccccc3)[nH]c2=O)CCC1N. The highest BCUT2D eigenvalue weighted by Gasteiger charge is 2.36. The largest absolute Gasteiger partial charge is 0.338 e. The maximum atomic E-state index is 12.7. The van der Waals surface area contributed by atoms with Crippen LogP contribution in [0, 0.1) is 5.41 Å². The molecule has 1 aromatic heterocycles. The van der Waals surface area contributed by atoms with Gasteiger partial charge in [-0.15, -0.1) is 0 Å². The van der Waals surface area contributed by atoms with Gasteiger partial charge in [-0.1, -0.05) is 44.2 Å². The fourth-order valence-electron chi connectivity index (χ4n) is 3.15. The smallest absolute Gasteiger partial charge is 0.261 e. The second kappa shape index (κ2) is 6.24. The van der Waals surface area contributed by atoms with Gasteiger partial charge in [-0.05, 0) is 29.5 Å². The van der Waals surface area contributed by atoms with Gasteiger partial charge in [0.25, 0.3) is 11.5 Å². The summed E-state index contributed by atoms with van der Waals surface area (Å²) in [5, 5.41) is 0. The summed E-state index contributed by atoms with van der Waals surface area (Å²) in [7, 11) is 0. The van der Waals surface area contributed by atoms with Crippen LogP contribution in [0.1, 0.15) is 30.6 Å². The van der Waals surface area contributed by atoms with Gasteiger partial charge in [-0.25, -0.2) is 0 Å². The van der Waals surface area contributed by atoms with Crippen LogP contribution >= 0.6 is 0 Å². The molecule has 5 nitrogen and oxygen atoms in total. The minimum absolute atomic E-state index is 0.0697. The number of aromatic amines is 1. The molecule has 1 atom stereocenters. The monoisotopic (exact) mass is 325 g/mol. The van der Waals surface area contributed by atoms with Crippen LogP contribution < -0.4 is 11.3 Å². The van der Waals surface area contributed by atoms with Gasteiger partial charge in [0.2, 0.25) is 0 Å². The number of nitrogens with zero attached hydrogens (tertiary/aromatic N) is 1. The molecule has 2 aromatic rings. The average Bonchev–Trinajstić information content (AvgIpc) is 2.57. The van der Waals surface area contributed by atoms with Gasteiger partial charge in [0.05, 0.1) is 0 Å². The number of amides is 1. The Bertz CT molecular complexity index is 796. The summed E-state index contributed by atoms with van der Waals surface area (Å²) in [5.41, 5.74) is 7.42. The number of H-pyrrole nitrogens is 1. The zero-order valence-electron chi connectivity index (χ0n) is 14.1. The Kier molecular flexibility index (Phi) is 4.28. The van der Waals surface area contributed by atoms with E-state index in [-0.39, 0.29) is 28.5 Å². The van der Waals surface area contributed by atoms with Crippen molar-refractivity contribution in [3.63, 3.8) is 0 Å². The molecule has 1 amide bonds. The van der Waals surface area contributed by atoms with Crippen LogP contribution in [-0.4, -0.2) is 34.9 Å². The van der Waals surface area contributed by atoms with E-state index in [2.05, 4.69) is 18.8 Å². The molecule has 1 unspecified atom stereocenters. The van der Waals surface area contributed by atoms with Crippen molar-refractivity contribution in [2.45, 2.75) is 26.3 Å². The van der Waals surface area contributed by atoms with Crippen molar-refractivity contribution in [3.05, 3.63) is 58.4 Å². The lowest BCUT2D eigenvalue weighted by Crippen LogP contribution is -2.54. The molecular weight excluding hydrogens is 302 g/mol. The molecule has 3 rings (SSSR count). The first-order valence-electron chi connectivity index (χ1n) is 8.22. The number of likely N-dealkylation sites (tertiary alicyclic amines) is 1. The normalized spacial score (nSPS) is 20.0. The van der Waals surface area contributed by atoms with E-state index >= 15 is 0 Å². The second-order valence-corrected chi connectivity index (χ2v) is 7.09. The van der Waals surface area contributed by atoms with Gasteiger partial charge >= 0.3 is 0 Å². The maximum Gasteiger partial charge on any atom is 0.261 e. The molecule has 24 heavy (non-hydrogen) atoms. The summed E-state index contributed by atoms with van der Waals surface area (Å²) in [6, 6.07) is 13.0. The van der Waals surface area contributed by atoms with Gasteiger partial charge in [0.15, 0.2) is 0 Å². The molecule has 0 aliphatic carbocycles. The fraction of sp³-hybridized carbons (Fsp3) is 0.368. The highest BCUT2D eigenvalue weighted by atomic mass is 16.2. The van der Waals surface area contributed by atoms with E-state index in [1.165, 1.54) is 0 Å². The number of pyridine rings is 1. The summed E-state index contributed by atoms with van der Waals surface area (Å²) < 4.78 is 0. The maximum absolute atomic E-state index is 12.7. The summed E-state index contributed by atoms with van der Waals surface area (Å²) in [4.78, 5) is 29.7. The first kappa shape index (κ1) is 16.5. The quantitative estimate of drug-likeness (QED) is 0.889. The summed E-state index contributed by atoms with van der Waals surface area (Å²) in [6.07, 6.45) is 0.749. The van der Waals surface area contributed by atoms with Gasteiger partial charge in [0.1, 0.15) is 5.56 Å². The topological polar surface area (TPSA) is 79.2 Å². The standard InChI is InChI=1S/C19H23N3O2/c1-19(2)12-22(11-10-16(19)20)18(24)14-8-9-15(21-17(14)23)13-6-4-3-5-7-13/h3-9,16H,10-12,20H2,1-2H3,(H,21,23). The van der Waals surface area contributed by atoms with E-state index in [9.17, 15) is 9.59 Å². The van der Waals surface area contributed by atoms with Crippen molar-refractivity contribution in [3.8, 4) is 11.3 Å². The predicted octanol–water partition coefficient (Wildman–Crippen LogP) is 2.24. The lowest BCUT2D eigenvalue weighted by molar-refractivity contribution is 0.0531. The minimum Gasteiger partial charge on any atom is -0.338 e. The van der Waals surface area contributed by atoms with Gasteiger partial charge in [-0.2, -0.15) is 0 Å². The molecule has 1 fully saturated rings. The Hall–Kier alpha value is -2.40. The van der Waals surface area contributed by atoms with Gasteiger partial charge < -0.3 is 15.6 Å². The second-order valence-electron chi connectivity index (χ2n) is 7.09. The molecule has 0 bridgehead atoms. The number of piperidine rings is 1. The van der Waals surface area contributed by atoms with Crippen molar-refractivity contribution in [1.82, 2.24) is 9.88 Å². The molecule has 1 aliphatic heterocycles.